The molecule has 0 radical (unpaired) electrons. The van der Waals surface area contributed by atoms with E-state index in [0.717, 1.165) is 32.1 Å². The SMILES string of the molecule is CCCCCCCC/C=C/CCCCCCCCCCCC(=O)NCCCS(=O)(=O)O.CCCCCCCC/C=C/CCCCCCCCCCCC([O-])=NCCCS(=O)(=O)[O-].[Ca+2]. The Kier molecular flexibility index (Phi) is 55.6. The van der Waals surface area contributed by atoms with E-state index in [1.54, 1.807) is 0 Å². The maximum atomic E-state index is 11.6. The van der Waals surface area contributed by atoms with Crippen LogP contribution in [0.2, 0.25) is 0 Å². The number of hydrogen-bond acceptors (Lipinski definition) is 8. The van der Waals surface area contributed by atoms with Gasteiger partial charge in [0.05, 0.1) is 15.9 Å². The fourth-order valence-electron chi connectivity index (χ4n) is 7.21. The molecule has 0 saturated heterocycles. The number of rotatable bonds is 46. The van der Waals surface area contributed by atoms with Crippen molar-refractivity contribution >= 4 is 69.8 Å². The van der Waals surface area contributed by atoms with E-state index in [-0.39, 0.29) is 74.7 Å². The van der Waals surface area contributed by atoms with Crippen molar-refractivity contribution in [1.29, 1.82) is 0 Å². The summed E-state index contributed by atoms with van der Waals surface area (Å²) in [5.74, 6) is -0.955. The largest absolute Gasteiger partial charge is 2.00 e. The van der Waals surface area contributed by atoms with Crippen molar-refractivity contribution < 1.29 is 35.8 Å². The predicted octanol–water partition coefficient (Wildman–Crippen LogP) is 12.9. The summed E-state index contributed by atoms with van der Waals surface area (Å²) in [4.78, 5) is 15.4. The smallest absolute Gasteiger partial charge is 0.862 e. The van der Waals surface area contributed by atoms with Crippen LogP contribution in [0.4, 0.5) is 0 Å². The van der Waals surface area contributed by atoms with Crippen molar-refractivity contribution in [2.75, 3.05) is 24.6 Å². The first kappa shape index (κ1) is 66.8. The number of hydrogen-bond donors (Lipinski definition) is 2. The van der Waals surface area contributed by atoms with Gasteiger partial charge < -0.3 is 20.0 Å². The van der Waals surface area contributed by atoms with E-state index in [0.29, 0.717) is 19.4 Å². The molecule has 2 N–H and O–H groups in total. The number of nitrogens with zero attached hydrogens (tertiary/aromatic N) is 1. The second kappa shape index (κ2) is 52.5. The van der Waals surface area contributed by atoms with Gasteiger partial charge in [-0.25, -0.2) is 8.42 Å². The molecule has 0 aromatic rings. The molecule has 0 fully saturated rings. The Morgan fingerprint density at radius 3 is 1.17 bits per heavy atom. The molecule has 0 unspecified atom stereocenters. The van der Waals surface area contributed by atoms with Crippen molar-refractivity contribution in [2.45, 2.75) is 258 Å². The Morgan fingerprint density at radius 1 is 0.492 bits per heavy atom. The van der Waals surface area contributed by atoms with Crippen LogP contribution in [0.25, 0.3) is 0 Å². The zero-order chi connectivity index (χ0) is 46.1. The normalized spacial score (nSPS) is 12.2. The molecule has 368 valence electrons. The van der Waals surface area contributed by atoms with E-state index in [1.165, 1.54) is 186 Å². The van der Waals surface area contributed by atoms with Crippen LogP contribution in [0, 0.1) is 0 Å². The van der Waals surface area contributed by atoms with Gasteiger partial charge in [-0.15, -0.1) is 0 Å². The molecule has 0 rings (SSSR count). The summed E-state index contributed by atoms with van der Waals surface area (Å²) in [5, 5.41) is 14.2. The van der Waals surface area contributed by atoms with E-state index in [4.69, 9.17) is 4.55 Å². The van der Waals surface area contributed by atoms with Crippen molar-refractivity contribution in [1.82, 2.24) is 5.32 Å². The first-order chi connectivity index (χ1) is 29.9. The minimum absolute atomic E-state index is 0. The molecule has 0 spiro atoms. The zero-order valence-corrected chi connectivity index (χ0v) is 44.6. The van der Waals surface area contributed by atoms with Gasteiger partial charge in [-0.1, -0.05) is 192 Å². The second-order valence-corrected chi connectivity index (χ2v) is 20.5. The van der Waals surface area contributed by atoms with Crippen molar-refractivity contribution in [2.24, 2.45) is 4.99 Å². The van der Waals surface area contributed by atoms with Crippen LogP contribution in [0.5, 0.6) is 0 Å². The van der Waals surface area contributed by atoms with Crippen molar-refractivity contribution in [3.05, 3.63) is 24.3 Å². The molecule has 0 aromatic carbocycles. The Bertz CT molecular complexity index is 1280. The van der Waals surface area contributed by atoms with Crippen molar-refractivity contribution in [3.63, 3.8) is 0 Å². The maximum absolute atomic E-state index is 11.6. The van der Waals surface area contributed by atoms with Crippen LogP contribution in [-0.4, -0.2) is 100 Å². The zero-order valence-electron chi connectivity index (χ0n) is 40.8. The molecule has 0 heterocycles. The average Bonchev–Trinajstić information content (AvgIpc) is 3.22. The monoisotopic (exact) mass is 957 g/mol. The summed E-state index contributed by atoms with van der Waals surface area (Å²) in [7, 11) is -8.12. The van der Waals surface area contributed by atoms with Crippen LogP contribution in [-0.2, 0) is 25.0 Å². The summed E-state index contributed by atoms with van der Waals surface area (Å²) >= 11 is 0. The first-order valence-corrected chi connectivity index (χ1v) is 28.8. The van der Waals surface area contributed by atoms with E-state index >= 15 is 0 Å². The number of aliphatic imine (C=N–C) groups is 1. The van der Waals surface area contributed by atoms with Gasteiger partial charge in [0.1, 0.15) is 0 Å². The van der Waals surface area contributed by atoms with Gasteiger partial charge in [-0.2, -0.15) is 8.42 Å². The standard InChI is InChI=1S/2C25H49NO4S.Ca/c2*1-2-3-4-5-6-7-8-9-10-11-12-13-14-15-16-17-18-19-20-22-25(27)26-23-21-24-31(28,29)30;/h2*9-10H,2-8,11-24H2,1H3,(H,26,27)(H,28,29,30);/q;;+2/p-2/b2*10-9+;. The Hall–Kier alpha value is -0.500. The molecule has 13 heteroatoms. The van der Waals surface area contributed by atoms with Gasteiger partial charge in [0, 0.05) is 25.3 Å². The quantitative estimate of drug-likeness (QED) is 0.0151. The first-order valence-electron chi connectivity index (χ1n) is 25.6. The average molecular weight is 958 g/mol. The number of unbranched alkanes of at least 4 members (excludes halogenated alkanes) is 30. The van der Waals surface area contributed by atoms with Gasteiger partial charge >= 0.3 is 37.7 Å². The van der Waals surface area contributed by atoms with Gasteiger partial charge in [-0.3, -0.25) is 9.35 Å². The molecule has 0 aromatic heterocycles. The third kappa shape index (κ3) is 65.9. The molecule has 0 aliphatic heterocycles. The third-order valence-corrected chi connectivity index (χ3v) is 12.7. The predicted molar refractivity (Wildman–Crippen MR) is 267 cm³/mol. The summed E-state index contributed by atoms with van der Waals surface area (Å²) in [6.07, 6.45) is 54.0. The number of amides is 1. The number of allylic oxidation sites excluding steroid dienone is 4. The molecule has 0 aliphatic rings. The van der Waals surface area contributed by atoms with Gasteiger partial charge in [-0.05, 0) is 89.4 Å². The van der Waals surface area contributed by atoms with Crippen LogP contribution < -0.4 is 10.4 Å². The number of nitrogens with one attached hydrogen (secondary N) is 1. The van der Waals surface area contributed by atoms with Crippen LogP contribution in [0.15, 0.2) is 29.3 Å². The summed E-state index contributed by atoms with van der Waals surface area (Å²) in [6, 6.07) is 0. The van der Waals surface area contributed by atoms with Crippen LogP contribution in [0.3, 0.4) is 0 Å². The van der Waals surface area contributed by atoms with Crippen molar-refractivity contribution in [3.8, 4) is 0 Å². The molecule has 0 atom stereocenters. The fourth-order valence-corrected chi connectivity index (χ4v) is 8.20. The fraction of sp³-hybridized carbons (Fsp3) is 0.880. The van der Waals surface area contributed by atoms with E-state index in [2.05, 4.69) is 48.5 Å². The summed E-state index contributed by atoms with van der Waals surface area (Å²) in [6.45, 7) is 4.96. The Morgan fingerprint density at radius 2 is 0.825 bits per heavy atom. The van der Waals surface area contributed by atoms with E-state index < -0.39 is 26.0 Å². The molecule has 0 bridgehead atoms. The molecular weight excluding hydrogens is 861 g/mol. The number of carbonyl (C=O) groups is 1. The minimum Gasteiger partial charge on any atom is -0.862 e. The van der Waals surface area contributed by atoms with Gasteiger partial charge in [0.15, 0.2) is 0 Å². The summed E-state index contributed by atoms with van der Waals surface area (Å²) < 4.78 is 61.1. The van der Waals surface area contributed by atoms with Crippen LogP contribution >= 0.6 is 0 Å². The minimum atomic E-state index is -4.19. The maximum Gasteiger partial charge on any atom is 2.00 e. The molecule has 1 amide bonds. The molecule has 10 nitrogen and oxygen atoms in total. The van der Waals surface area contributed by atoms with E-state index in [9.17, 15) is 31.3 Å². The topological polar surface area (TPSA) is 176 Å². The van der Waals surface area contributed by atoms with E-state index in [1.807, 2.05) is 0 Å². The van der Waals surface area contributed by atoms with Gasteiger partial charge in [0.2, 0.25) is 5.91 Å². The van der Waals surface area contributed by atoms with Gasteiger partial charge in [0.25, 0.3) is 10.1 Å². The molecule has 0 saturated carbocycles. The van der Waals surface area contributed by atoms with Crippen LogP contribution in [0.1, 0.15) is 258 Å². The summed E-state index contributed by atoms with van der Waals surface area (Å²) in [5.41, 5.74) is 0. The second-order valence-electron chi connectivity index (χ2n) is 17.4. The Balaban J connectivity index is -0.00000112. The third-order valence-electron chi connectivity index (χ3n) is 11.1. The molecule has 63 heavy (non-hydrogen) atoms. The number of carbonyl (C=O) groups excluding carboxylic acids is 1. The Labute approximate surface area is 419 Å². The molecular formula is C50H96CaN2O8S2. The molecule has 0 aliphatic carbocycles.